The molecule has 2 aromatic carbocycles. The highest BCUT2D eigenvalue weighted by Crippen LogP contribution is 2.28. The summed E-state index contributed by atoms with van der Waals surface area (Å²) in [6.07, 6.45) is 0. The fourth-order valence-electron chi connectivity index (χ4n) is 1.87. The van der Waals surface area contributed by atoms with Crippen LogP contribution in [-0.2, 0) is 0 Å². The first-order chi connectivity index (χ1) is 7.77. The molecule has 0 fully saturated rings. The molecule has 0 saturated heterocycles. The number of nitrogens with zero attached hydrogens (tertiary/aromatic N) is 2. The van der Waals surface area contributed by atoms with Crippen LogP contribution in [0.1, 0.15) is 0 Å². The van der Waals surface area contributed by atoms with Crippen LogP contribution in [-0.4, -0.2) is 15.1 Å². The molecular formula is C11H7N3O2. The minimum Gasteiger partial charge on any atom is -0.358 e. The zero-order valence-electron chi connectivity index (χ0n) is 8.18. The second kappa shape index (κ2) is 3.03. The Balaban J connectivity index is 2.49. The molecule has 0 spiro atoms. The van der Waals surface area contributed by atoms with Crippen molar-refractivity contribution < 1.29 is 4.92 Å². The van der Waals surface area contributed by atoms with Gasteiger partial charge in [0, 0.05) is 5.39 Å². The quantitative estimate of drug-likeness (QED) is 0.498. The highest BCUT2D eigenvalue weighted by atomic mass is 16.6. The van der Waals surface area contributed by atoms with E-state index in [9.17, 15) is 10.1 Å². The van der Waals surface area contributed by atoms with Crippen LogP contribution in [0.5, 0.6) is 0 Å². The van der Waals surface area contributed by atoms with Crippen molar-refractivity contribution in [3.63, 3.8) is 0 Å². The predicted octanol–water partition coefficient (Wildman–Crippen LogP) is 2.62. The van der Waals surface area contributed by atoms with Crippen molar-refractivity contribution in [1.29, 1.82) is 0 Å². The van der Waals surface area contributed by atoms with Crippen LogP contribution in [0.15, 0.2) is 36.4 Å². The van der Waals surface area contributed by atoms with E-state index in [2.05, 4.69) is 10.2 Å². The number of H-pyrrole nitrogens is 1. The number of hydrogen-bond acceptors (Lipinski definition) is 3. The van der Waals surface area contributed by atoms with E-state index in [0.717, 1.165) is 10.8 Å². The third kappa shape index (κ3) is 1.08. The summed E-state index contributed by atoms with van der Waals surface area (Å²) < 4.78 is 0. The normalized spacial score (nSPS) is 11.0. The molecule has 0 saturated carbocycles. The summed E-state index contributed by atoms with van der Waals surface area (Å²) in [5.74, 6) is -0.0549. The molecule has 78 valence electrons. The van der Waals surface area contributed by atoms with E-state index in [1.54, 1.807) is 6.07 Å². The molecule has 0 atom stereocenters. The van der Waals surface area contributed by atoms with Gasteiger partial charge in [0.2, 0.25) is 0 Å². The Morgan fingerprint density at radius 2 is 1.94 bits per heavy atom. The van der Waals surface area contributed by atoms with Crippen molar-refractivity contribution in [1.82, 2.24) is 10.2 Å². The molecule has 0 aliphatic carbocycles. The number of nitro groups is 1. The molecule has 5 nitrogen and oxygen atoms in total. The molecule has 5 heteroatoms. The number of fused-ring (bicyclic) bond motifs is 3. The van der Waals surface area contributed by atoms with Gasteiger partial charge in [0.1, 0.15) is 10.9 Å². The minimum atomic E-state index is -0.454. The third-order valence-corrected chi connectivity index (χ3v) is 2.61. The molecule has 16 heavy (non-hydrogen) atoms. The lowest BCUT2D eigenvalue weighted by molar-refractivity contribution is -0.387. The zero-order chi connectivity index (χ0) is 11.1. The first-order valence-corrected chi connectivity index (χ1v) is 4.77. The molecule has 1 N–H and O–H groups in total. The van der Waals surface area contributed by atoms with Gasteiger partial charge in [-0.2, -0.15) is 0 Å². The van der Waals surface area contributed by atoms with E-state index in [-0.39, 0.29) is 5.82 Å². The molecular weight excluding hydrogens is 206 g/mol. The van der Waals surface area contributed by atoms with Gasteiger partial charge in [0.15, 0.2) is 0 Å². The van der Waals surface area contributed by atoms with Gasteiger partial charge in [-0.3, -0.25) is 0 Å². The Hall–Kier alpha value is -2.43. The summed E-state index contributed by atoms with van der Waals surface area (Å²) >= 11 is 0. The van der Waals surface area contributed by atoms with Crippen LogP contribution in [0.3, 0.4) is 0 Å². The summed E-state index contributed by atoms with van der Waals surface area (Å²) in [5.41, 5.74) is 0.643. The van der Waals surface area contributed by atoms with Gasteiger partial charge >= 0.3 is 5.82 Å². The molecule has 0 unspecified atom stereocenters. The smallest absolute Gasteiger partial charge is 0.350 e. The Kier molecular flexibility index (Phi) is 1.67. The zero-order valence-corrected chi connectivity index (χ0v) is 8.18. The summed E-state index contributed by atoms with van der Waals surface area (Å²) in [6, 6.07) is 11.3. The fraction of sp³-hybridized carbons (Fsp3) is 0. The average Bonchev–Trinajstić information content (AvgIpc) is 2.73. The first kappa shape index (κ1) is 8.84. The van der Waals surface area contributed by atoms with Gasteiger partial charge < -0.3 is 10.1 Å². The van der Waals surface area contributed by atoms with Crippen molar-refractivity contribution in [2.45, 2.75) is 0 Å². The maximum atomic E-state index is 10.7. The lowest BCUT2D eigenvalue weighted by Gasteiger charge is -1.96. The van der Waals surface area contributed by atoms with E-state index in [4.69, 9.17) is 0 Å². The van der Waals surface area contributed by atoms with E-state index >= 15 is 0 Å². The van der Waals surface area contributed by atoms with Gasteiger partial charge in [-0.25, -0.2) is 0 Å². The molecule has 1 aromatic heterocycles. The maximum absolute atomic E-state index is 10.7. The molecule has 0 aliphatic rings. The molecule has 3 rings (SSSR count). The standard InChI is InChI=1S/C11H7N3O2/c15-14(16)11-9-6-5-7-3-1-2-4-8(7)10(9)12-13-11/h1-6H,(H,12,13). The van der Waals surface area contributed by atoms with E-state index in [1.165, 1.54) is 0 Å². The van der Waals surface area contributed by atoms with Gasteiger partial charge in [0.05, 0.1) is 0 Å². The Morgan fingerprint density at radius 1 is 1.12 bits per heavy atom. The number of hydrogen-bond donors (Lipinski definition) is 1. The van der Waals surface area contributed by atoms with Crippen molar-refractivity contribution >= 4 is 27.5 Å². The second-order valence-corrected chi connectivity index (χ2v) is 3.51. The largest absolute Gasteiger partial charge is 0.358 e. The number of rotatable bonds is 1. The summed E-state index contributed by atoms with van der Waals surface area (Å²) in [5, 5.41) is 19.7. The Labute approximate surface area is 89.8 Å². The first-order valence-electron chi connectivity index (χ1n) is 4.77. The lowest BCUT2D eigenvalue weighted by Crippen LogP contribution is -1.87. The SMILES string of the molecule is O=[N+]([O-])c1[nH]nc2c1ccc1ccccc12. The highest BCUT2D eigenvalue weighted by Gasteiger charge is 2.15. The average molecular weight is 213 g/mol. The van der Waals surface area contributed by atoms with Crippen LogP contribution >= 0.6 is 0 Å². The number of benzene rings is 2. The second-order valence-electron chi connectivity index (χ2n) is 3.51. The molecule has 3 aromatic rings. The molecule has 0 bridgehead atoms. The topological polar surface area (TPSA) is 71.8 Å². The van der Waals surface area contributed by atoms with Crippen molar-refractivity contribution in [3.8, 4) is 0 Å². The van der Waals surface area contributed by atoms with Crippen LogP contribution in [0.25, 0.3) is 21.7 Å². The van der Waals surface area contributed by atoms with Crippen molar-refractivity contribution in [2.75, 3.05) is 0 Å². The number of aromatic nitrogens is 2. The number of aromatic amines is 1. The minimum absolute atomic E-state index is 0.0549. The fourth-order valence-corrected chi connectivity index (χ4v) is 1.87. The van der Waals surface area contributed by atoms with Crippen LogP contribution < -0.4 is 0 Å². The maximum Gasteiger partial charge on any atom is 0.350 e. The van der Waals surface area contributed by atoms with Crippen molar-refractivity contribution in [2.24, 2.45) is 0 Å². The molecule has 0 amide bonds. The predicted molar refractivity (Wildman–Crippen MR) is 60.3 cm³/mol. The van der Waals surface area contributed by atoms with Gasteiger partial charge in [-0.05, 0) is 16.4 Å². The van der Waals surface area contributed by atoms with Crippen LogP contribution in [0.2, 0.25) is 0 Å². The summed E-state index contributed by atoms with van der Waals surface area (Å²) in [4.78, 5) is 10.3. The van der Waals surface area contributed by atoms with Crippen LogP contribution in [0.4, 0.5) is 5.82 Å². The van der Waals surface area contributed by atoms with Gasteiger partial charge in [-0.1, -0.05) is 35.4 Å². The van der Waals surface area contributed by atoms with E-state index in [1.807, 2.05) is 30.3 Å². The van der Waals surface area contributed by atoms with Gasteiger partial charge in [0.25, 0.3) is 0 Å². The summed E-state index contributed by atoms with van der Waals surface area (Å²) in [7, 11) is 0. The molecule has 1 heterocycles. The Bertz CT molecular complexity index is 703. The Morgan fingerprint density at radius 3 is 2.75 bits per heavy atom. The highest BCUT2D eigenvalue weighted by molar-refractivity contribution is 6.07. The molecule has 0 radical (unpaired) electrons. The van der Waals surface area contributed by atoms with Crippen LogP contribution in [0, 0.1) is 10.1 Å². The number of nitrogens with one attached hydrogen (secondary N) is 1. The third-order valence-electron chi connectivity index (χ3n) is 2.61. The molecule has 0 aliphatic heterocycles. The lowest BCUT2D eigenvalue weighted by atomic mass is 10.1. The van der Waals surface area contributed by atoms with Crippen molar-refractivity contribution in [3.05, 3.63) is 46.5 Å². The van der Waals surface area contributed by atoms with E-state index < -0.39 is 4.92 Å². The van der Waals surface area contributed by atoms with E-state index in [0.29, 0.717) is 10.9 Å². The van der Waals surface area contributed by atoms with Gasteiger partial charge in [-0.15, -0.1) is 5.10 Å². The summed E-state index contributed by atoms with van der Waals surface area (Å²) in [6.45, 7) is 0. The monoisotopic (exact) mass is 213 g/mol.